The van der Waals surface area contributed by atoms with E-state index in [0.29, 0.717) is 11.6 Å². The lowest BCUT2D eigenvalue weighted by atomic mass is 9.41. The molecule has 5 saturated carbocycles. The van der Waals surface area contributed by atoms with Crippen molar-refractivity contribution in [1.29, 1.82) is 0 Å². The Hall–Kier alpha value is -0.660. The summed E-state index contributed by atoms with van der Waals surface area (Å²) in [5.74, 6) is 6.05. The maximum absolute atomic E-state index is 14.0. The Morgan fingerprint density at radius 3 is 1.00 bits per heavy atom. The Labute approximate surface area is 286 Å². The molecule has 0 radical (unpaired) electrons. The Balaban J connectivity index is 0.950. The van der Waals surface area contributed by atoms with E-state index in [0.717, 1.165) is 86.9 Å². The van der Waals surface area contributed by atoms with Gasteiger partial charge in [-0.05, 0) is 113 Å². The summed E-state index contributed by atoms with van der Waals surface area (Å²) < 4.78 is 0. The average Bonchev–Trinajstić information content (AvgIpc) is 3.11. The third-order valence-corrected chi connectivity index (χ3v) is 15.1. The van der Waals surface area contributed by atoms with Crippen molar-refractivity contribution in [3.63, 3.8) is 0 Å². The molecule has 0 aromatic heterocycles. The van der Waals surface area contributed by atoms with Gasteiger partial charge in [-0.25, -0.2) is 0 Å². The zero-order valence-electron chi connectivity index (χ0n) is 30.9. The monoisotopic (exact) mass is 637 g/mol. The normalized spacial score (nSPS) is 36.7. The minimum absolute atomic E-state index is 0.415. The summed E-state index contributed by atoms with van der Waals surface area (Å²) >= 11 is 0. The third kappa shape index (κ3) is 8.92. The molecule has 0 atom stereocenters. The molecule has 264 valence electrons. The number of ketones is 2. The highest BCUT2D eigenvalue weighted by Gasteiger charge is 2.71. The third-order valence-electron chi connectivity index (χ3n) is 15.1. The van der Waals surface area contributed by atoms with Crippen LogP contribution in [0.1, 0.15) is 219 Å². The highest BCUT2D eigenvalue weighted by Crippen LogP contribution is 2.63. The van der Waals surface area contributed by atoms with E-state index in [9.17, 15) is 9.59 Å². The number of carbonyl (C=O) groups is 2. The van der Waals surface area contributed by atoms with E-state index >= 15 is 0 Å². The van der Waals surface area contributed by atoms with Crippen LogP contribution in [0.25, 0.3) is 0 Å². The fourth-order valence-electron chi connectivity index (χ4n) is 11.9. The first kappa shape index (κ1) is 36.6. The van der Waals surface area contributed by atoms with E-state index in [-0.39, 0.29) is 0 Å². The summed E-state index contributed by atoms with van der Waals surface area (Å²) in [6.45, 7) is 4.61. The van der Waals surface area contributed by atoms with Crippen molar-refractivity contribution in [3.05, 3.63) is 0 Å². The first-order chi connectivity index (χ1) is 22.5. The number of rotatable bonds is 18. The molecule has 0 aliphatic heterocycles. The predicted octanol–water partition coefficient (Wildman–Crippen LogP) is 13.4. The van der Waals surface area contributed by atoms with Gasteiger partial charge in [0, 0.05) is 0 Å². The predicted molar refractivity (Wildman–Crippen MR) is 195 cm³/mol. The van der Waals surface area contributed by atoms with Crippen LogP contribution in [0.5, 0.6) is 0 Å². The number of carbonyl (C=O) groups excluding carboxylic acids is 2. The van der Waals surface area contributed by atoms with Crippen LogP contribution in [-0.4, -0.2) is 11.6 Å². The molecular formula is C44H76O2. The molecule has 2 nitrogen and oxygen atoms in total. The highest BCUT2D eigenvalue weighted by atomic mass is 16.2. The number of Topliss-reactive ketones (excluding diaryl/α,β-unsaturated/α-hetero) is 2. The Kier molecular flexibility index (Phi) is 14.6. The lowest BCUT2D eigenvalue weighted by Gasteiger charge is -2.58. The van der Waals surface area contributed by atoms with Crippen molar-refractivity contribution < 1.29 is 9.59 Å². The molecule has 2 heteroatoms. The summed E-state index contributed by atoms with van der Waals surface area (Å²) in [6.07, 6.45) is 42.4. The van der Waals surface area contributed by atoms with Gasteiger partial charge >= 0.3 is 0 Å². The first-order valence-corrected chi connectivity index (χ1v) is 21.6. The zero-order chi connectivity index (χ0) is 32.2. The zero-order valence-corrected chi connectivity index (χ0v) is 30.9. The van der Waals surface area contributed by atoms with Gasteiger partial charge in [0.15, 0.2) is 11.6 Å². The van der Waals surface area contributed by atoms with E-state index in [1.807, 2.05) is 0 Å². The van der Waals surface area contributed by atoms with E-state index in [4.69, 9.17) is 0 Å². The van der Waals surface area contributed by atoms with Crippen LogP contribution in [0.15, 0.2) is 0 Å². The summed E-state index contributed by atoms with van der Waals surface area (Å²) in [6, 6.07) is 0. The van der Waals surface area contributed by atoms with Crippen LogP contribution in [0.2, 0.25) is 0 Å². The van der Waals surface area contributed by atoms with Gasteiger partial charge < -0.3 is 0 Å². The van der Waals surface area contributed by atoms with Crippen LogP contribution < -0.4 is 0 Å². The quantitative estimate of drug-likeness (QED) is 0.111. The molecular weight excluding hydrogens is 560 g/mol. The van der Waals surface area contributed by atoms with Crippen molar-refractivity contribution in [3.8, 4) is 0 Å². The molecule has 5 fully saturated rings. The molecule has 2 spiro atoms. The molecule has 0 amide bonds. The van der Waals surface area contributed by atoms with Crippen LogP contribution >= 0.6 is 0 Å². The van der Waals surface area contributed by atoms with Gasteiger partial charge in [-0.15, -0.1) is 0 Å². The van der Waals surface area contributed by atoms with Gasteiger partial charge in [-0.1, -0.05) is 142 Å². The standard InChI is InChI=1S/C44H76O2/c1-3-5-7-9-11-13-15-17-35-19-23-37(24-20-35)39-27-31-43(32-28-39)41(45)44(42(43)46)33-29-40(30-34-44)38-25-21-36(22-26-38)18-16-14-12-10-8-6-4-2/h35-40H,3-34H2,1-2H3. The van der Waals surface area contributed by atoms with Gasteiger partial charge in [0.05, 0.1) is 10.8 Å². The number of unbranched alkanes of at least 4 members (excludes halogenated alkanes) is 12. The summed E-state index contributed by atoms with van der Waals surface area (Å²) in [7, 11) is 0. The topological polar surface area (TPSA) is 34.1 Å². The van der Waals surface area contributed by atoms with Crippen molar-refractivity contribution in [2.45, 2.75) is 219 Å². The Morgan fingerprint density at radius 2 is 0.674 bits per heavy atom. The van der Waals surface area contributed by atoms with Gasteiger partial charge in [-0.2, -0.15) is 0 Å². The highest BCUT2D eigenvalue weighted by molar-refractivity contribution is 6.30. The molecule has 5 aliphatic rings. The van der Waals surface area contributed by atoms with Crippen LogP contribution in [0, 0.1) is 46.3 Å². The van der Waals surface area contributed by atoms with E-state index in [1.54, 1.807) is 0 Å². The minimum Gasteiger partial charge on any atom is -0.297 e. The second-order valence-electron chi connectivity index (χ2n) is 17.9. The van der Waals surface area contributed by atoms with Crippen molar-refractivity contribution >= 4 is 11.6 Å². The first-order valence-electron chi connectivity index (χ1n) is 21.6. The van der Waals surface area contributed by atoms with Gasteiger partial charge in [0.2, 0.25) is 0 Å². The summed E-state index contributed by atoms with van der Waals surface area (Å²) in [4.78, 5) is 27.9. The SMILES string of the molecule is CCCCCCCCCC1CCC(C2CCC3(CC2)C(=O)C2(CCC(C4CCC(CCCCCCCCC)CC4)CC2)C3=O)CC1. The molecule has 5 rings (SSSR count). The average molecular weight is 637 g/mol. The Bertz CT molecular complexity index is 797. The maximum atomic E-state index is 14.0. The number of hydrogen-bond donors (Lipinski definition) is 0. The largest absolute Gasteiger partial charge is 0.297 e. The minimum atomic E-state index is -0.550. The van der Waals surface area contributed by atoms with E-state index in [1.165, 1.54) is 154 Å². The molecule has 0 aromatic carbocycles. The molecule has 0 bridgehead atoms. The van der Waals surface area contributed by atoms with Gasteiger partial charge in [0.1, 0.15) is 0 Å². The lowest BCUT2D eigenvalue weighted by molar-refractivity contribution is -0.179. The van der Waals surface area contributed by atoms with Gasteiger partial charge in [0.25, 0.3) is 0 Å². The molecule has 0 N–H and O–H groups in total. The summed E-state index contributed by atoms with van der Waals surface area (Å²) in [5, 5.41) is 0. The van der Waals surface area contributed by atoms with Crippen molar-refractivity contribution in [2.24, 2.45) is 46.3 Å². The molecule has 46 heavy (non-hydrogen) atoms. The van der Waals surface area contributed by atoms with Crippen LogP contribution in [0.4, 0.5) is 0 Å². The van der Waals surface area contributed by atoms with Crippen molar-refractivity contribution in [1.82, 2.24) is 0 Å². The van der Waals surface area contributed by atoms with Gasteiger partial charge in [-0.3, -0.25) is 9.59 Å². The smallest absolute Gasteiger partial charge is 0.159 e. The number of hydrogen-bond acceptors (Lipinski definition) is 2. The lowest BCUT2D eigenvalue weighted by Crippen LogP contribution is -2.68. The second-order valence-corrected chi connectivity index (χ2v) is 17.9. The van der Waals surface area contributed by atoms with E-state index < -0.39 is 10.8 Å². The fourth-order valence-corrected chi connectivity index (χ4v) is 11.9. The van der Waals surface area contributed by atoms with Crippen LogP contribution in [0.3, 0.4) is 0 Å². The molecule has 0 saturated heterocycles. The van der Waals surface area contributed by atoms with E-state index in [2.05, 4.69) is 13.8 Å². The van der Waals surface area contributed by atoms with Crippen LogP contribution in [-0.2, 0) is 9.59 Å². The molecule has 0 aromatic rings. The second kappa shape index (κ2) is 18.4. The molecule has 0 heterocycles. The Morgan fingerprint density at radius 1 is 0.391 bits per heavy atom. The molecule has 0 unspecified atom stereocenters. The maximum Gasteiger partial charge on any atom is 0.159 e. The summed E-state index contributed by atoms with van der Waals surface area (Å²) in [5.41, 5.74) is -1.10. The fraction of sp³-hybridized carbons (Fsp3) is 0.955. The van der Waals surface area contributed by atoms with Crippen molar-refractivity contribution in [2.75, 3.05) is 0 Å². The molecule has 5 aliphatic carbocycles.